The topological polar surface area (TPSA) is 25.8 Å². The quantitative estimate of drug-likeness (QED) is 0.214. The van der Waals surface area contributed by atoms with Gasteiger partial charge in [0.1, 0.15) is 6.33 Å². The third-order valence-corrected chi connectivity index (χ3v) is 8.69. The molecule has 0 aliphatic heterocycles. The fourth-order valence-corrected chi connectivity index (χ4v) is 6.83. The van der Waals surface area contributed by atoms with E-state index in [1.165, 1.54) is 33.4 Å². The van der Waals surface area contributed by atoms with Gasteiger partial charge in [-0.1, -0.05) is 146 Å². The zero-order valence-corrected chi connectivity index (χ0v) is 23.6. The molecule has 0 N–H and O–H groups in total. The molecule has 1 aromatic heterocycles. The van der Waals surface area contributed by atoms with Gasteiger partial charge < -0.3 is 0 Å². The molecule has 0 bridgehead atoms. The van der Waals surface area contributed by atoms with Crippen molar-refractivity contribution >= 4 is 0 Å². The minimum Gasteiger partial charge on any atom is -0.236 e. The minimum absolute atomic E-state index is 0.461. The first-order valence-electron chi connectivity index (χ1n) is 14.7. The van der Waals surface area contributed by atoms with Gasteiger partial charge in [0, 0.05) is 11.1 Å². The van der Waals surface area contributed by atoms with Gasteiger partial charge in [-0.25, -0.2) is 9.97 Å². The van der Waals surface area contributed by atoms with Crippen molar-refractivity contribution in [1.82, 2.24) is 9.97 Å². The van der Waals surface area contributed by atoms with Crippen LogP contribution in [0.2, 0.25) is 0 Å². The lowest BCUT2D eigenvalue weighted by Crippen LogP contribution is -2.28. The molecule has 0 spiro atoms. The van der Waals surface area contributed by atoms with E-state index < -0.39 is 5.41 Å². The van der Waals surface area contributed by atoms with Crippen LogP contribution in [0.15, 0.2) is 170 Å². The lowest BCUT2D eigenvalue weighted by molar-refractivity contribution is 0.769. The summed E-state index contributed by atoms with van der Waals surface area (Å²) < 4.78 is 0. The molecule has 0 saturated carbocycles. The zero-order valence-electron chi connectivity index (χ0n) is 23.6. The van der Waals surface area contributed by atoms with Gasteiger partial charge in [-0.3, -0.25) is 0 Å². The molecule has 0 saturated heterocycles. The van der Waals surface area contributed by atoms with Crippen molar-refractivity contribution in [3.63, 3.8) is 0 Å². The van der Waals surface area contributed by atoms with E-state index in [0.717, 1.165) is 33.6 Å². The molecule has 0 atom stereocenters. The summed E-state index contributed by atoms with van der Waals surface area (Å²) in [5.74, 6) is 0. The number of aromatic nitrogens is 2. The van der Waals surface area contributed by atoms with Crippen molar-refractivity contribution in [2.75, 3.05) is 0 Å². The third-order valence-electron chi connectivity index (χ3n) is 8.69. The fourth-order valence-electron chi connectivity index (χ4n) is 6.83. The molecule has 1 aliphatic rings. The Morgan fingerprint density at radius 1 is 0.349 bits per heavy atom. The molecule has 2 heteroatoms. The van der Waals surface area contributed by atoms with Crippen LogP contribution in [0.3, 0.4) is 0 Å². The number of benzene rings is 6. The van der Waals surface area contributed by atoms with E-state index >= 15 is 0 Å². The van der Waals surface area contributed by atoms with Gasteiger partial charge in [0.2, 0.25) is 0 Å². The second-order valence-electron chi connectivity index (χ2n) is 11.0. The second-order valence-corrected chi connectivity index (χ2v) is 11.0. The first kappa shape index (κ1) is 25.1. The Balaban J connectivity index is 1.47. The monoisotopic (exact) mass is 548 g/mol. The standard InChI is InChI=1S/C41H28N2/c1-5-15-29(16-6-1)34-26-38-35(25-36(34)40-27-39(42-28-43-40)30-17-7-2-8-18-30)33-23-13-14-24-37(33)41(38,31-19-9-3-10-20-31)32-21-11-4-12-22-32/h1-28H. The van der Waals surface area contributed by atoms with E-state index in [1.807, 2.05) is 18.2 Å². The molecule has 1 aliphatic carbocycles. The van der Waals surface area contributed by atoms with Gasteiger partial charge in [-0.05, 0) is 62.7 Å². The van der Waals surface area contributed by atoms with E-state index in [4.69, 9.17) is 4.98 Å². The molecular weight excluding hydrogens is 520 g/mol. The van der Waals surface area contributed by atoms with Crippen LogP contribution in [0.4, 0.5) is 0 Å². The highest BCUT2D eigenvalue weighted by Gasteiger charge is 2.46. The second kappa shape index (κ2) is 10.3. The molecule has 202 valence electrons. The zero-order chi connectivity index (χ0) is 28.6. The molecule has 8 rings (SSSR count). The van der Waals surface area contributed by atoms with Gasteiger partial charge in [0.15, 0.2) is 0 Å². The minimum atomic E-state index is -0.461. The molecule has 0 radical (unpaired) electrons. The average Bonchev–Trinajstić information content (AvgIpc) is 3.39. The summed E-state index contributed by atoms with van der Waals surface area (Å²) in [7, 11) is 0. The van der Waals surface area contributed by atoms with Crippen LogP contribution in [-0.4, -0.2) is 9.97 Å². The lowest BCUT2D eigenvalue weighted by atomic mass is 9.67. The Bertz CT molecular complexity index is 2010. The van der Waals surface area contributed by atoms with Crippen LogP contribution < -0.4 is 0 Å². The molecule has 43 heavy (non-hydrogen) atoms. The van der Waals surface area contributed by atoms with Crippen molar-refractivity contribution in [2.24, 2.45) is 0 Å². The molecule has 0 unspecified atom stereocenters. The van der Waals surface area contributed by atoms with Crippen LogP contribution in [0, 0.1) is 0 Å². The van der Waals surface area contributed by atoms with Gasteiger partial charge in [0.05, 0.1) is 16.8 Å². The maximum Gasteiger partial charge on any atom is 0.116 e. The van der Waals surface area contributed by atoms with E-state index in [0.29, 0.717) is 0 Å². The Morgan fingerprint density at radius 2 is 0.884 bits per heavy atom. The SMILES string of the molecule is c1ccc(-c2cc(-c3cc4c(cc3-c3ccccc3)C(c3ccccc3)(c3ccccc3)c3ccccc3-4)ncn2)cc1. The molecule has 7 aromatic rings. The summed E-state index contributed by atoms with van der Waals surface area (Å²) in [6.45, 7) is 0. The summed E-state index contributed by atoms with van der Waals surface area (Å²) in [5.41, 5.74) is 13.4. The van der Waals surface area contributed by atoms with Gasteiger partial charge in [-0.2, -0.15) is 0 Å². The summed E-state index contributed by atoms with van der Waals surface area (Å²) in [5, 5.41) is 0. The number of nitrogens with zero attached hydrogens (tertiary/aromatic N) is 2. The first-order valence-corrected chi connectivity index (χ1v) is 14.7. The lowest BCUT2D eigenvalue weighted by Gasteiger charge is -2.34. The van der Waals surface area contributed by atoms with Crippen molar-refractivity contribution in [2.45, 2.75) is 5.41 Å². The van der Waals surface area contributed by atoms with E-state index in [2.05, 4.69) is 151 Å². The predicted molar refractivity (Wildman–Crippen MR) is 176 cm³/mol. The number of rotatable bonds is 5. The fraction of sp³-hybridized carbons (Fsp3) is 0.0244. The maximum absolute atomic E-state index is 4.84. The maximum atomic E-state index is 4.84. The highest BCUT2D eigenvalue weighted by atomic mass is 14.8. The Hall–Kier alpha value is -5.60. The van der Waals surface area contributed by atoms with E-state index in [9.17, 15) is 0 Å². The van der Waals surface area contributed by atoms with Gasteiger partial charge in [0.25, 0.3) is 0 Å². The largest absolute Gasteiger partial charge is 0.236 e. The molecule has 0 fully saturated rings. The molecule has 2 nitrogen and oxygen atoms in total. The average molecular weight is 549 g/mol. The molecular formula is C41H28N2. The van der Waals surface area contributed by atoms with Crippen molar-refractivity contribution in [3.8, 4) is 44.8 Å². The van der Waals surface area contributed by atoms with Crippen LogP contribution in [0.25, 0.3) is 44.8 Å². The highest BCUT2D eigenvalue weighted by Crippen LogP contribution is 2.57. The molecule has 1 heterocycles. The van der Waals surface area contributed by atoms with Crippen LogP contribution in [0.1, 0.15) is 22.3 Å². The summed E-state index contributed by atoms with van der Waals surface area (Å²) in [4.78, 5) is 9.48. The normalized spacial score (nSPS) is 12.8. The molecule has 0 amide bonds. The summed E-state index contributed by atoms with van der Waals surface area (Å²) >= 11 is 0. The van der Waals surface area contributed by atoms with Gasteiger partial charge >= 0.3 is 0 Å². The molecule has 6 aromatic carbocycles. The Morgan fingerprint density at radius 3 is 1.53 bits per heavy atom. The number of hydrogen-bond acceptors (Lipinski definition) is 2. The predicted octanol–water partition coefficient (Wildman–Crippen LogP) is 9.84. The van der Waals surface area contributed by atoms with E-state index in [-0.39, 0.29) is 0 Å². The number of hydrogen-bond donors (Lipinski definition) is 0. The van der Waals surface area contributed by atoms with Crippen LogP contribution >= 0.6 is 0 Å². The van der Waals surface area contributed by atoms with Crippen molar-refractivity contribution in [1.29, 1.82) is 0 Å². The number of fused-ring (bicyclic) bond motifs is 3. The Labute approximate surface area is 252 Å². The van der Waals surface area contributed by atoms with Gasteiger partial charge in [-0.15, -0.1) is 0 Å². The summed E-state index contributed by atoms with van der Waals surface area (Å²) in [6, 6.07) is 58.7. The van der Waals surface area contributed by atoms with Crippen LogP contribution in [0.5, 0.6) is 0 Å². The van der Waals surface area contributed by atoms with E-state index in [1.54, 1.807) is 6.33 Å². The van der Waals surface area contributed by atoms with Crippen molar-refractivity contribution < 1.29 is 0 Å². The van der Waals surface area contributed by atoms with Crippen LogP contribution in [-0.2, 0) is 5.41 Å². The third kappa shape index (κ3) is 4.03. The summed E-state index contributed by atoms with van der Waals surface area (Å²) in [6.07, 6.45) is 1.69. The Kier molecular flexibility index (Phi) is 6.05. The first-order chi connectivity index (χ1) is 21.3. The smallest absolute Gasteiger partial charge is 0.116 e. The highest BCUT2D eigenvalue weighted by molar-refractivity contribution is 5.94. The van der Waals surface area contributed by atoms with Crippen molar-refractivity contribution in [3.05, 3.63) is 192 Å².